The van der Waals surface area contributed by atoms with Crippen LogP contribution in [0.2, 0.25) is 0 Å². The number of nitrogen functional groups attached to an aromatic ring is 3. The number of benzene rings is 1. The van der Waals surface area contributed by atoms with Crippen molar-refractivity contribution < 1.29 is 9.90 Å². The van der Waals surface area contributed by atoms with Crippen LogP contribution in [-0.4, -0.2) is 35.4 Å². The Bertz CT molecular complexity index is 881. The molecular weight excluding hydrogens is 372 g/mol. The van der Waals surface area contributed by atoms with E-state index >= 15 is 0 Å². The maximum atomic E-state index is 11.8. The molecule has 0 spiro atoms. The molecule has 11 N–H and O–H groups in total. The summed E-state index contributed by atoms with van der Waals surface area (Å²) in [6, 6.07) is 8.74. The lowest BCUT2D eigenvalue weighted by Crippen LogP contribution is -2.26. The molecule has 154 valence electrons. The summed E-state index contributed by atoms with van der Waals surface area (Å²) in [5.74, 6) is 5.73. The Morgan fingerprint density at radius 3 is 2.59 bits per heavy atom. The minimum atomic E-state index is -0.231. The number of rotatable bonds is 10. The summed E-state index contributed by atoms with van der Waals surface area (Å²) >= 11 is 0. The van der Waals surface area contributed by atoms with Gasteiger partial charge in [0.05, 0.1) is 12.3 Å². The summed E-state index contributed by atoms with van der Waals surface area (Å²) in [5, 5.41) is 22.1. The van der Waals surface area contributed by atoms with E-state index in [4.69, 9.17) is 27.8 Å². The summed E-state index contributed by atoms with van der Waals surface area (Å²) in [7, 11) is 0. The van der Waals surface area contributed by atoms with Crippen LogP contribution in [0.3, 0.4) is 0 Å². The molecule has 10 nitrogen and oxygen atoms in total. The first-order chi connectivity index (χ1) is 14.0. The summed E-state index contributed by atoms with van der Waals surface area (Å²) < 4.78 is 0. The Morgan fingerprint density at radius 1 is 1.24 bits per heavy atom. The lowest BCUT2D eigenvalue weighted by Gasteiger charge is -2.12. The number of nitrogens with one attached hydrogen (secondary N) is 4. The smallest absolute Gasteiger partial charge is 0.251 e. The highest BCUT2D eigenvalue weighted by Crippen LogP contribution is 2.24. The number of allylic oxidation sites excluding steroid dienone is 1. The van der Waals surface area contributed by atoms with Gasteiger partial charge in [0, 0.05) is 37.5 Å². The highest BCUT2D eigenvalue weighted by Gasteiger charge is 2.09. The standard InChI is InChI=1S/C19H26N8O2/c20-9-13(7-15-8-16(21)26-18(27-23)17(15)22)11-24-10-12-1-3-14(4-2-12)19(29)25-5-6-28/h1-4,8-9,11,20,24,28H,5-7,10,22-23H2,(H,25,29)(H3,21,26,27)/b13-11-,20-9?. The molecule has 1 aromatic carbocycles. The van der Waals surface area contributed by atoms with Crippen LogP contribution < -0.4 is 33.4 Å². The molecule has 10 heteroatoms. The van der Waals surface area contributed by atoms with Crippen molar-refractivity contribution in [2.24, 2.45) is 5.84 Å². The topological polar surface area (TPSA) is 188 Å². The van der Waals surface area contributed by atoms with Gasteiger partial charge in [-0.15, -0.1) is 0 Å². The molecule has 0 atom stereocenters. The lowest BCUT2D eigenvalue weighted by atomic mass is 10.1. The normalized spacial score (nSPS) is 11.0. The molecular formula is C19H26N8O2. The number of hydrogen-bond acceptors (Lipinski definition) is 9. The molecule has 0 aliphatic heterocycles. The van der Waals surface area contributed by atoms with Gasteiger partial charge in [0.1, 0.15) is 5.82 Å². The van der Waals surface area contributed by atoms with Crippen LogP contribution in [0.5, 0.6) is 0 Å². The predicted molar refractivity (Wildman–Crippen MR) is 114 cm³/mol. The Hall–Kier alpha value is -3.63. The molecule has 2 aromatic rings. The molecule has 0 saturated heterocycles. The molecule has 0 saturated carbocycles. The third-order valence-electron chi connectivity index (χ3n) is 4.09. The zero-order chi connectivity index (χ0) is 21.2. The number of amides is 1. The monoisotopic (exact) mass is 398 g/mol. The second-order valence-electron chi connectivity index (χ2n) is 6.21. The molecule has 0 unspecified atom stereocenters. The fourth-order valence-electron chi connectivity index (χ4n) is 2.60. The van der Waals surface area contributed by atoms with Gasteiger partial charge < -0.3 is 38.0 Å². The Balaban J connectivity index is 1.99. The third-order valence-corrected chi connectivity index (χ3v) is 4.09. The fraction of sp³-hybridized carbons (Fsp3) is 0.211. The largest absolute Gasteiger partial charge is 0.395 e. The van der Waals surface area contributed by atoms with Crippen molar-refractivity contribution in [3.8, 4) is 0 Å². The summed E-state index contributed by atoms with van der Waals surface area (Å²) in [6.07, 6.45) is 3.33. The third kappa shape index (κ3) is 6.19. The summed E-state index contributed by atoms with van der Waals surface area (Å²) in [4.78, 5) is 15.8. The molecule has 1 amide bonds. The predicted octanol–water partition coefficient (Wildman–Crippen LogP) is 0.119. The van der Waals surface area contributed by atoms with Gasteiger partial charge in [-0.2, -0.15) is 0 Å². The molecule has 0 aliphatic rings. The average molecular weight is 398 g/mol. The summed E-state index contributed by atoms with van der Waals surface area (Å²) in [5.41, 5.74) is 17.5. The van der Waals surface area contributed by atoms with Crippen LogP contribution in [0, 0.1) is 5.41 Å². The van der Waals surface area contributed by atoms with Crippen molar-refractivity contribution in [2.75, 3.05) is 30.0 Å². The maximum Gasteiger partial charge on any atom is 0.251 e. The number of pyridine rings is 1. The van der Waals surface area contributed by atoms with Gasteiger partial charge in [0.15, 0.2) is 5.82 Å². The van der Waals surface area contributed by atoms with E-state index in [1.54, 1.807) is 24.4 Å². The van der Waals surface area contributed by atoms with Crippen LogP contribution in [0.15, 0.2) is 42.1 Å². The van der Waals surface area contributed by atoms with Crippen LogP contribution in [0.4, 0.5) is 17.3 Å². The molecule has 29 heavy (non-hydrogen) atoms. The van der Waals surface area contributed by atoms with Crippen LogP contribution in [0.1, 0.15) is 21.5 Å². The number of carbonyl (C=O) groups is 1. The number of nitrogens with two attached hydrogens (primary N) is 3. The quantitative estimate of drug-likeness (QED) is 0.157. The minimum absolute atomic E-state index is 0.1000. The first-order valence-corrected chi connectivity index (χ1v) is 8.90. The number of anilines is 3. The van der Waals surface area contributed by atoms with E-state index in [1.165, 1.54) is 6.21 Å². The van der Waals surface area contributed by atoms with E-state index < -0.39 is 0 Å². The number of aromatic nitrogens is 1. The second-order valence-corrected chi connectivity index (χ2v) is 6.21. The van der Waals surface area contributed by atoms with Gasteiger partial charge in [0.25, 0.3) is 5.91 Å². The first-order valence-electron chi connectivity index (χ1n) is 8.90. The Labute approximate surface area is 168 Å². The van der Waals surface area contributed by atoms with E-state index in [0.29, 0.717) is 41.2 Å². The number of aliphatic hydroxyl groups excluding tert-OH is 1. The summed E-state index contributed by atoms with van der Waals surface area (Å²) in [6.45, 7) is 0.631. The van der Waals surface area contributed by atoms with Crippen molar-refractivity contribution in [3.05, 3.63) is 58.8 Å². The highest BCUT2D eigenvalue weighted by molar-refractivity contribution is 5.94. The highest BCUT2D eigenvalue weighted by atomic mass is 16.3. The van der Waals surface area contributed by atoms with E-state index in [1.807, 2.05) is 12.1 Å². The van der Waals surface area contributed by atoms with Crippen molar-refractivity contribution in [1.82, 2.24) is 15.6 Å². The van der Waals surface area contributed by atoms with Gasteiger partial charge in [-0.1, -0.05) is 12.1 Å². The molecule has 1 aromatic heterocycles. The molecule has 1 heterocycles. The SMILES string of the molecule is N=C/C(=C\NCc1ccc(C(=O)NCCO)cc1)Cc1cc(N)nc(NN)c1N. The van der Waals surface area contributed by atoms with E-state index in [2.05, 4.69) is 21.0 Å². The van der Waals surface area contributed by atoms with Gasteiger partial charge in [-0.25, -0.2) is 10.8 Å². The van der Waals surface area contributed by atoms with Crippen molar-refractivity contribution >= 4 is 29.4 Å². The molecule has 0 bridgehead atoms. The second kappa shape index (κ2) is 10.6. The van der Waals surface area contributed by atoms with E-state index in [9.17, 15) is 4.79 Å². The van der Waals surface area contributed by atoms with E-state index in [0.717, 1.165) is 5.56 Å². The Kier molecular flexibility index (Phi) is 7.95. The van der Waals surface area contributed by atoms with Crippen LogP contribution in [0.25, 0.3) is 0 Å². The fourth-order valence-corrected chi connectivity index (χ4v) is 2.60. The van der Waals surface area contributed by atoms with Gasteiger partial charge in [0.2, 0.25) is 0 Å². The lowest BCUT2D eigenvalue weighted by molar-refractivity contribution is 0.0945. The number of hydrogen-bond donors (Lipinski definition) is 8. The van der Waals surface area contributed by atoms with Gasteiger partial charge in [-0.3, -0.25) is 4.79 Å². The first kappa shape index (κ1) is 21.7. The van der Waals surface area contributed by atoms with Crippen LogP contribution in [-0.2, 0) is 13.0 Å². The minimum Gasteiger partial charge on any atom is -0.395 e. The molecule has 0 fully saturated rings. The van der Waals surface area contributed by atoms with Crippen molar-refractivity contribution in [1.29, 1.82) is 5.41 Å². The number of aliphatic hydroxyl groups is 1. The maximum absolute atomic E-state index is 11.8. The van der Waals surface area contributed by atoms with E-state index in [-0.39, 0.29) is 24.9 Å². The average Bonchev–Trinajstić information content (AvgIpc) is 2.73. The molecule has 2 rings (SSSR count). The number of hydrazine groups is 1. The van der Waals surface area contributed by atoms with Crippen LogP contribution >= 0.6 is 0 Å². The zero-order valence-electron chi connectivity index (χ0n) is 15.9. The van der Waals surface area contributed by atoms with Gasteiger partial charge >= 0.3 is 0 Å². The number of carbonyl (C=O) groups excluding carboxylic acids is 1. The van der Waals surface area contributed by atoms with Crippen molar-refractivity contribution in [3.63, 3.8) is 0 Å². The zero-order valence-corrected chi connectivity index (χ0v) is 15.9. The van der Waals surface area contributed by atoms with Crippen molar-refractivity contribution in [2.45, 2.75) is 13.0 Å². The molecule has 0 radical (unpaired) electrons. The number of nitrogens with zero attached hydrogens (tertiary/aromatic N) is 1. The molecule has 0 aliphatic carbocycles. The van der Waals surface area contributed by atoms with Gasteiger partial charge in [-0.05, 0) is 34.9 Å². The Morgan fingerprint density at radius 2 is 1.97 bits per heavy atom.